The lowest BCUT2D eigenvalue weighted by Crippen LogP contribution is -2.49. The van der Waals surface area contributed by atoms with Crippen molar-refractivity contribution in [3.05, 3.63) is 48.2 Å². The smallest absolute Gasteiger partial charge is 0.255 e. The van der Waals surface area contributed by atoms with Gasteiger partial charge in [-0.2, -0.15) is 0 Å². The minimum absolute atomic E-state index is 0.0424. The fourth-order valence-electron chi connectivity index (χ4n) is 4.37. The fraction of sp³-hybridized carbons (Fsp3) is 0.522. The number of aromatic nitrogens is 3. The standard InChI is InChI=1S/C23H30N6O2/c1-16(19-14-24-10-11-25-19)27-20-6-5-17(13-26-20)21(30)29-12-7-18(15-29)28(3)22(31)23(2)8-4-9-23/h5-6,10-11,13-14,16,18H,4,7-9,12,15H2,1-3H3,(H,26,27)/t16-,18-/m0/s1. The maximum Gasteiger partial charge on any atom is 0.255 e. The number of anilines is 1. The van der Waals surface area contributed by atoms with Gasteiger partial charge in [0.15, 0.2) is 0 Å². The topological polar surface area (TPSA) is 91.3 Å². The van der Waals surface area contributed by atoms with Crippen molar-refractivity contribution in [2.75, 3.05) is 25.5 Å². The number of nitrogens with one attached hydrogen (secondary N) is 1. The van der Waals surface area contributed by atoms with Gasteiger partial charge in [-0.1, -0.05) is 13.3 Å². The summed E-state index contributed by atoms with van der Waals surface area (Å²) in [6.07, 6.45) is 10.5. The summed E-state index contributed by atoms with van der Waals surface area (Å²) in [6, 6.07) is 3.63. The first kappa shape index (κ1) is 21.2. The number of likely N-dealkylation sites (N-methyl/N-ethyl adjacent to an activating group) is 1. The Balaban J connectivity index is 1.34. The molecule has 2 aromatic rings. The lowest BCUT2D eigenvalue weighted by Gasteiger charge is -2.41. The number of hydrogen-bond acceptors (Lipinski definition) is 6. The van der Waals surface area contributed by atoms with Crippen molar-refractivity contribution in [2.24, 2.45) is 5.41 Å². The second-order valence-electron chi connectivity index (χ2n) is 8.95. The summed E-state index contributed by atoms with van der Waals surface area (Å²) < 4.78 is 0. The van der Waals surface area contributed by atoms with Crippen molar-refractivity contribution in [3.8, 4) is 0 Å². The number of pyridine rings is 1. The zero-order valence-corrected chi connectivity index (χ0v) is 18.4. The van der Waals surface area contributed by atoms with E-state index >= 15 is 0 Å². The SMILES string of the molecule is C[C@H](Nc1ccc(C(=O)N2CC[C@H](N(C)C(=O)C3(C)CCC3)C2)cn1)c1cnccn1. The molecule has 2 atom stereocenters. The highest BCUT2D eigenvalue weighted by Gasteiger charge is 2.43. The maximum atomic E-state index is 12.9. The summed E-state index contributed by atoms with van der Waals surface area (Å²) >= 11 is 0. The van der Waals surface area contributed by atoms with E-state index in [1.165, 1.54) is 0 Å². The van der Waals surface area contributed by atoms with Gasteiger partial charge in [-0.3, -0.25) is 19.6 Å². The summed E-state index contributed by atoms with van der Waals surface area (Å²) in [6.45, 7) is 5.26. The number of rotatable bonds is 6. The van der Waals surface area contributed by atoms with E-state index in [1.807, 2.05) is 23.8 Å². The highest BCUT2D eigenvalue weighted by atomic mass is 16.2. The molecular weight excluding hydrogens is 392 g/mol. The summed E-state index contributed by atoms with van der Waals surface area (Å²) in [5, 5.41) is 3.27. The Morgan fingerprint density at radius 1 is 1.23 bits per heavy atom. The van der Waals surface area contributed by atoms with Crippen molar-refractivity contribution in [1.29, 1.82) is 0 Å². The molecule has 3 heterocycles. The maximum absolute atomic E-state index is 12.9. The van der Waals surface area contributed by atoms with Crippen LogP contribution in [0.3, 0.4) is 0 Å². The average molecular weight is 423 g/mol. The molecule has 1 aliphatic carbocycles. The van der Waals surface area contributed by atoms with Crippen LogP contribution in [0.1, 0.15) is 61.6 Å². The van der Waals surface area contributed by atoms with Gasteiger partial charge in [0.2, 0.25) is 5.91 Å². The van der Waals surface area contributed by atoms with Crippen molar-refractivity contribution in [2.45, 2.75) is 51.6 Å². The van der Waals surface area contributed by atoms with E-state index < -0.39 is 0 Å². The van der Waals surface area contributed by atoms with Gasteiger partial charge in [-0.25, -0.2) is 4.98 Å². The Bertz CT molecular complexity index is 929. The molecule has 31 heavy (non-hydrogen) atoms. The molecule has 0 aromatic carbocycles. The Morgan fingerprint density at radius 2 is 2.03 bits per heavy atom. The van der Waals surface area contributed by atoms with Crippen molar-refractivity contribution >= 4 is 17.6 Å². The molecule has 1 saturated carbocycles. The molecule has 0 spiro atoms. The molecule has 0 unspecified atom stereocenters. The van der Waals surface area contributed by atoms with Crippen LogP contribution >= 0.6 is 0 Å². The molecule has 1 saturated heterocycles. The summed E-state index contributed by atoms with van der Waals surface area (Å²) in [7, 11) is 1.88. The average Bonchev–Trinajstić information content (AvgIpc) is 3.27. The van der Waals surface area contributed by atoms with Crippen LogP contribution in [0.15, 0.2) is 36.9 Å². The molecule has 0 radical (unpaired) electrons. The quantitative estimate of drug-likeness (QED) is 0.770. The van der Waals surface area contributed by atoms with Gasteiger partial charge in [-0.05, 0) is 38.3 Å². The van der Waals surface area contributed by atoms with Gasteiger partial charge in [0.25, 0.3) is 5.91 Å². The molecule has 2 amide bonds. The Labute approximate surface area is 183 Å². The van der Waals surface area contributed by atoms with Gasteiger partial charge >= 0.3 is 0 Å². The molecule has 164 valence electrons. The van der Waals surface area contributed by atoms with Crippen LogP contribution in [-0.2, 0) is 4.79 Å². The van der Waals surface area contributed by atoms with E-state index in [1.54, 1.807) is 36.9 Å². The van der Waals surface area contributed by atoms with E-state index in [0.29, 0.717) is 24.5 Å². The Hall–Kier alpha value is -3.03. The lowest BCUT2D eigenvalue weighted by molar-refractivity contribution is -0.146. The van der Waals surface area contributed by atoms with Gasteiger partial charge in [0.05, 0.1) is 29.5 Å². The van der Waals surface area contributed by atoms with Crippen LogP contribution in [0.4, 0.5) is 5.82 Å². The lowest BCUT2D eigenvalue weighted by atomic mass is 9.69. The molecule has 2 fully saturated rings. The summed E-state index contributed by atoms with van der Waals surface area (Å²) in [5.74, 6) is 0.847. The van der Waals surface area contributed by atoms with E-state index in [-0.39, 0.29) is 29.3 Å². The molecular formula is C23H30N6O2. The van der Waals surface area contributed by atoms with E-state index in [4.69, 9.17) is 0 Å². The summed E-state index contributed by atoms with van der Waals surface area (Å²) in [5.41, 5.74) is 1.17. The minimum atomic E-state index is -0.207. The number of carbonyl (C=O) groups is 2. The number of likely N-dealkylation sites (tertiary alicyclic amines) is 1. The number of nitrogens with zero attached hydrogens (tertiary/aromatic N) is 5. The van der Waals surface area contributed by atoms with E-state index in [2.05, 4.69) is 27.2 Å². The van der Waals surface area contributed by atoms with Gasteiger partial charge in [0.1, 0.15) is 5.82 Å². The highest BCUT2D eigenvalue weighted by molar-refractivity contribution is 5.94. The second kappa shape index (κ2) is 8.61. The Kier molecular flexibility index (Phi) is 5.89. The van der Waals surface area contributed by atoms with Crippen molar-refractivity contribution in [3.63, 3.8) is 0 Å². The van der Waals surface area contributed by atoms with Crippen molar-refractivity contribution < 1.29 is 9.59 Å². The van der Waals surface area contributed by atoms with Gasteiger partial charge in [-0.15, -0.1) is 0 Å². The third-order valence-corrected chi connectivity index (χ3v) is 6.69. The number of hydrogen-bond donors (Lipinski definition) is 1. The zero-order chi connectivity index (χ0) is 22.0. The minimum Gasteiger partial charge on any atom is -0.362 e. The van der Waals surface area contributed by atoms with Crippen LogP contribution in [0.25, 0.3) is 0 Å². The zero-order valence-electron chi connectivity index (χ0n) is 18.4. The number of carbonyl (C=O) groups excluding carboxylic acids is 2. The molecule has 0 bridgehead atoms. The van der Waals surface area contributed by atoms with Gasteiger partial charge in [0, 0.05) is 44.1 Å². The van der Waals surface area contributed by atoms with Crippen LogP contribution < -0.4 is 5.32 Å². The molecule has 2 aliphatic rings. The molecule has 8 heteroatoms. The van der Waals surface area contributed by atoms with Crippen LogP contribution in [0.2, 0.25) is 0 Å². The highest BCUT2D eigenvalue weighted by Crippen LogP contribution is 2.42. The van der Waals surface area contributed by atoms with Crippen LogP contribution in [-0.4, -0.2) is 62.7 Å². The van der Waals surface area contributed by atoms with E-state index in [9.17, 15) is 9.59 Å². The first-order chi connectivity index (χ1) is 14.9. The molecule has 1 N–H and O–H groups in total. The van der Waals surface area contributed by atoms with Gasteiger partial charge < -0.3 is 15.1 Å². The third kappa shape index (κ3) is 4.38. The van der Waals surface area contributed by atoms with E-state index in [0.717, 1.165) is 31.4 Å². The van der Waals surface area contributed by atoms with Crippen molar-refractivity contribution in [1.82, 2.24) is 24.8 Å². The predicted molar refractivity (Wildman–Crippen MR) is 117 cm³/mol. The predicted octanol–water partition coefficient (Wildman–Crippen LogP) is 2.91. The first-order valence-corrected chi connectivity index (χ1v) is 10.9. The Morgan fingerprint density at radius 3 is 2.65 bits per heavy atom. The molecule has 2 aromatic heterocycles. The third-order valence-electron chi connectivity index (χ3n) is 6.69. The summed E-state index contributed by atoms with van der Waals surface area (Å²) in [4.78, 5) is 42.2. The normalized spacial score (nSPS) is 20.6. The molecule has 1 aliphatic heterocycles. The second-order valence-corrected chi connectivity index (χ2v) is 8.95. The monoisotopic (exact) mass is 422 g/mol. The number of amides is 2. The molecule has 8 nitrogen and oxygen atoms in total. The van der Waals surface area contributed by atoms with Crippen LogP contribution in [0, 0.1) is 5.41 Å². The van der Waals surface area contributed by atoms with Crippen LogP contribution in [0.5, 0.6) is 0 Å². The molecule has 4 rings (SSSR count). The first-order valence-electron chi connectivity index (χ1n) is 10.9. The fourth-order valence-corrected chi connectivity index (χ4v) is 4.37. The largest absolute Gasteiger partial charge is 0.362 e.